The van der Waals surface area contributed by atoms with Gasteiger partial charge in [0, 0.05) is 5.41 Å². The van der Waals surface area contributed by atoms with Gasteiger partial charge in [0.25, 0.3) is 0 Å². The molecule has 4 bridgehead atoms. The van der Waals surface area contributed by atoms with Gasteiger partial charge in [0.05, 0.1) is 12.0 Å². The van der Waals surface area contributed by atoms with Gasteiger partial charge in [-0.05, 0) is 62.2 Å². The number of carboxylic acid groups (broad SMARTS) is 1. The Hall–Kier alpha value is -1.06. The van der Waals surface area contributed by atoms with Crippen LogP contribution in [0.15, 0.2) is 0 Å². The number of carbonyl (C=O) groups excluding carboxylic acids is 2. The second kappa shape index (κ2) is 5.29. The van der Waals surface area contributed by atoms with E-state index in [1.54, 1.807) is 0 Å². The van der Waals surface area contributed by atoms with E-state index < -0.39 is 12.0 Å². The lowest BCUT2D eigenvalue weighted by Crippen LogP contribution is -2.59. The number of hydrogen-bond donors (Lipinski definition) is 1. The summed E-state index contributed by atoms with van der Waals surface area (Å²) in [4.78, 5) is 24.2. The van der Waals surface area contributed by atoms with Crippen LogP contribution in [0, 0.1) is 29.1 Å². The first-order chi connectivity index (χ1) is 9.93. The van der Waals surface area contributed by atoms with Gasteiger partial charge >= 0.3 is 0 Å². The molecule has 4 rings (SSSR count). The van der Waals surface area contributed by atoms with Crippen LogP contribution in [-0.2, 0) is 9.59 Å². The zero-order valence-corrected chi connectivity index (χ0v) is 13.1. The van der Waals surface area contributed by atoms with Crippen LogP contribution in [0.4, 0.5) is 0 Å². The summed E-state index contributed by atoms with van der Waals surface area (Å²) in [5.41, 5.74) is -0.282. The Kier molecular flexibility index (Phi) is 3.74. The summed E-state index contributed by atoms with van der Waals surface area (Å²) in [6.45, 7) is 3.80. The topological polar surface area (TPSA) is 69.2 Å². The van der Waals surface area contributed by atoms with Gasteiger partial charge in [0.2, 0.25) is 5.91 Å². The van der Waals surface area contributed by atoms with Crippen LogP contribution in [0.3, 0.4) is 0 Å². The fraction of sp³-hybridized carbons (Fsp3) is 0.882. The van der Waals surface area contributed by atoms with Crippen molar-refractivity contribution in [2.45, 2.75) is 64.8 Å². The van der Waals surface area contributed by atoms with Crippen molar-refractivity contribution in [1.29, 1.82) is 0 Å². The van der Waals surface area contributed by atoms with Crippen LogP contribution in [-0.4, -0.2) is 17.9 Å². The van der Waals surface area contributed by atoms with Crippen molar-refractivity contribution in [3.8, 4) is 0 Å². The van der Waals surface area contributed by atoms with Gasteiger partial charge in [-0.1, -0.05) is 20.3 Å². The third kappa shape index (κ3) is 2.58. The van der Waals surface area contributed by atoms with Crippen molar-refractivity contribution in [2.24, 2.45) is 29.1 Å². The van der Waals surface area contributed by atoms with Crippen LogP contribution in [0.5, 0.6) is 0 Å². The third-order valence-electron chi connectivity index (χ3n) is 6.27. The Labute approximate surface area is 126 Å². The van der Waals surface area contributed by atoms with Gasteiger partial charge in [-0.15, -0.1) is 0 Å². The maximum Gasteiger partial charge on any atom is 0.226 e. The first-order valence-electron chi connectivity index (χ1n) is 8.45. The minimum Gasteiger partial charge on any atom is -0.548 e. The molecule has 4 aliphatic rings. The number of amides is 1. The van der Waals surface area contributed by atoms with Crippen molar-refractivity contribution in [1.82, 2.24) is 5.32 Å². The van der Waals surface area contributed by atoms with Crippen LogP contribution < -0.4 is 10.4 Å². The standard InChI is InChI=1S/C17H27NO3/c1-3-10(2)14(15(19)20)18-16(21)17-7-11-4-12(8-17)6-13(5-11)9-17/h10-14H,3-9H2,1-2H3,(H,18,21)(H,19,20)/p-1/t10-,11?,12?,13?,14+,17?/m1/s1. The van der Waals surface area contributed by atoms with E-state index in [2.05, 4.69) is 5.32 Å². The van der Waals surface area contributed by atoms with Crippen molar-refractivity contribution in [3.63, 3.8) is 0 Å². The van der Waals surface area contributed by atoms with Gasteiger partial charge < -0.3 is 15.2 Å². The Bertz CT molecular complexity index is 410. The highest BCUT2D eigenvalue weighted by Crippen LogP contribution is 2.60. The SMILES string of the molecule is CC[C@@H](C)[C@H](NC(=O)C12CC3CC(CC(C3)C1)C2)C(=O)[O-]. The van der Waals surface area contributed by atoms with E-state index in [0.717, 1.165) is 25.7 Å². The van der Waals surface area contributed by atoms with Crippen molar-refractivity contribution >= 4 is 11.9 Å². The fourth-order valence-electron chi connectivity index (χ4n) is 5.35. The molecule has 4 fully saturated rings. The average molecular weight is 292 g/mol. The van der Waals surface area contributed by atoms with E-state index in [0.29, 0.717) is 17.8 Å². The first-order valence-corrected chi connectivity index (χ1v) is 8.45. The number of carboxylic acids is 1. The molecule has 0 spiro atoms. The predicted octanol–water partition coefficient (Wildman–Crippen LogP) is 1.48. The molecule has 0 unspecified atom stereocenters. The second-order valence-corrected chi connectivity index (χ2v) is 7.85. The largest absolute Gasteiger partial charge is 0.548 e. The normalized spacial score (nSPS) is 39.8. The summed E-state index contributed by atoms with van der Waals surface area (Å²) in [6.07, 6.45) is 7.45. The monoisotopic (exact) mass is 292 g/mol. The molecule has 1 amide bonds. The molecule has 0 aromatic rings. The summed E-state index contributed by atoms with van der Waals surface area (Å²) in [5, 5.41) is 14.2. The zero-order valence-electron chi connectivity index (χ0n) is 13.1. The molecular weight excluding hydrogens is 266 g/mol. The highest BCUT2D eigenvalue weighted by molar-refractivity contribution is 5.87. The molecule has 4 nitrogen and oxygen atoms in total. The van der Waals surface area contributed by atoms with Crippen LogP contribution in [0.25, 0.3) is 0 Å². The molecule has 4 aliphatic carbocycles. The minimum atomic E-state index is -1.15. The first kappa shape index (κ1) is 14.9. The number of rotatable bonds is 5. The molecule has 4 saturated carbocycles. The Morgan fingerprint density at radius 3 is 2.00 bits per heavy atom. The molecule has 0 aliphatic heterocycles. The van der Waals surface area contributed by atoms with E-state index in [-0.39, 0.29) is 17.2 Å². The molecule has 21 heavy (non-hydrogen) atoms. The zero-order chi connectivity index (χ0) is 15.2. The van der Waals surface area contributed by atoms with E-state index >= 15 is 0 Å². The average Bonchev–Trinajstić information content (AvgIpc) is 2.41. The number of aliphatic carboxylic acids is 1. The van der Waals surface area contributed by atoms with E-state index in [4.69, 9.17) is 0 Å². The Morgan fingerprint density at radius 2 is 1.62 bits per heavy atom. The van der Waals surface area contributed by atoms with E-state index in [1.807, 2.05) is 13.8 Å². The number of carbonyl (C=O) groups is 2. The lowest BCUT2D eigenvalue weighted by Gasteiger charge is -2.56. The number of hydrogen-bond acceptors (Lipinski definition) is 3. The lowest BCUT2D eigenvalue weighted by atomic mass is 9.49. The quantitative estimate of drug-likeness (QED) is 0.834. The molecular formula is C17H26NO3-. The molecule has 0 aromatic heterocycles. The van der Waals surface area contributed by atoms with Crippen molar-refractivity contribution in [3.05, 3.63) is 0 Å². The fourth-order valence-corrected chi connectivity index (χ4v) is 5.35. The van der Waals surface area contributed by atoms with Crippen LogP contribution in [0.2, 0.25) is 0 Å². The second-order valence-electron chi connectivity index (χ2n) is 7.85. The highest BCUT2D eigenvalue weighted by Gasteiger charge is 2.54. The summed E-state index contributed by atoms with van der Waals surface area (Å²) < 4.78 is 0. The Morgan fingerprint density at radius 1 is 1.14 bits per heavy atom. The van der Waals surface area contributed by atoms with Crippen LogP contribution in [0.1, 0.15) is 58.8 Å². The molecule has 0 saturated heterocycles. The van der Waals surface area contributed by atoms with Gasteiger partial charge in [-0.25, -0.2) is 0 Å². The molecule has 0 heterocycles. The molecule has 2 atom stereocenters. The lowest BCUT2D eigenvalue weighted by molar-refractivity contribution is -0.309. The Balaban J connectivity index is 1.74. The minimum absolute atomic E-state index is 0.0175. The van der Waals surface area contributed by atoms with Crippen molar-refractivity contribution < 1.29 is 14.7 Å². The molecule has 4 heteroatoms. The van der Waals surface area contributed by atoms with Gasteiger partial charge in [0.15, 0.2) is 0 Å². The van der Waals surface area contributed by atoms with Crippen molar-refractivity contribution in [2.75, 3.05) is 0 Å². The van der Waals surface area contributed by atoms with Crippen LogP contribution >= 0.6 is 0 Å². The predicted molar refractivity (Wildman–Crippen MR) is 77.0 cm³/mol. The summed E-state index contributed by atoms with van der Waals surface area (Å²) in [7, 11) is 0. The van der Waals surface area contributed by atoms with E-state index in [9.17, 15) is 14.7 Å². The third-order valence-corrected chi connectivity index (χ3v) is 6.27. The molecule has 1 N–H and O–H groups in total. The molecule has 0 aromatic carbocycles. The van der Waals surface area contributed by atoms with Gasteiger partial charge in [-0.2, -0.15) is 0 Å². The highest BCUT2D eigenvalue weighted by atomic mass is 16.4. The van der Waals surface area contributed by atoms with Gasteiger partial charge in [-0.3, -0.25) is 4.79 Å². The number of nitrogens with one attached hydrogen (secondary N) is 1. The maximum absolute atomic E-state index is 12.8. The maximum atomic E-state index is 12.8. The smallest absolute Gasteiger partial charge is 0.226 e. The summed E-state index contributed by atoms with van der Waals surface area (Å²) in [5.74, 6) is 0.803. The molecule has 0 radical (unpaired) electrons. The van der Waals surface area contributed by atoms with Gasteiger partial charge in [0.1, 0.15) is 0 Å². The molecule has 118 valence electrons. The summed E-state index contributed by atoms with van der Waals surface area (Å²) >= 11 is 0. The van der Waals surface area contributed by atoms with E-state index in [1.165, 1.54) is 19.3 Å². The summed E-state index contributed by atoms with van der Waals surface area (Å²) in [6, 6.07) is -0.851.